The molecule has 0 radical (unpaired) electrons. The Labute approximate surface area is 126 Å². The number of carbonyl (C=O) groups excluding carboxylic acids is 1. The Morgan fingerprint density at radius 2 is 1.85 bits per heavy atom. The molecule has 5 heteroatoms. The Kier molecular flexibility index (Phi) is 6.82. The van der Waals surface area contributed by atoms with Gasteiger partial charge in [0.15, 0.2) is 0 Å². The Morgan fingerprint density at radius 3 is 2.40 bits per heavy atom. The third-order valence-electron chi connectivity index (χ3n) is 3.02. The van der Waals surface area contributed by atoms with Gasteiger partial charge in [-0.3, -0.25) is 10.2 Å². The summed E-state index contributed by atoms with van der Waals surface area (Å²) >= 11 is 5.96. The summed E-state index contributed by atoms with van der Waals surface area (Å²) in [5, 5.41) is 3.13. The first-order valence-electron chi connectivity index (χ1n) is 6.86. The van der Waals surface area contributed by atoms with Gasteiger partial charge in [0.1, 0.15) is 6.61 Å². The van der Waals surface area contributed by atoms with Crippen molar-refractivity contribution in [2.45, 2.75) is 39.8 Å². The minimum absolute atomic E-state index is 0.354. The molecule has 0 fully saturated rings. The van der Waals surface area contributed by atoms with Crippen LogP contribution in [-0.4, -0.2) is 36.2 Å². The van der Waals surface area contributed by atoms with Gasteiger partial charge in [0.05, 0.1) is 10.7 Å². The van der Waals surface area contributed by atoms with E-state index >= 15 is 0 Å². The predicted molar refractivity (Wildman–Crippen MR) is 83.4 cm³/mol. The summed E-state index contributed by atoms with van der Waals surface area (Å²) in [5.74, 6) is 0. The summed E-state index contributed by atoms with van der Waals surface area (Å²) in [6.45, 7) is 9.58. The second-order valence-electron chi connectivity index (χ2n) is 5.17. The summed E-state index contributed by atoms with van der Waals surface area (Å²) in [6, 6.07) is 7.91. The Morgan fingerprint density at radius 1 is 1.25 bits per heavy atom. The predicted octanol–water partition coefficient (Wildman–Crippen LogP) is 4.01. The van der Waals surface area contributed by atoms with E-state index in [-0.39, 0.29) is 0 Å². The molecule has 1 N–H and O–H groups in total. The SMILES string of the molecule is CC(C)N(CCOC(=O)Nc1ccccc1Cl)C(C)C. The van der Waals surface area contributed by atoms with E-state index < -0.39 is 6.09 Å². The average Bonchev–Trinajstić information content (AvgIpc) is 2.36. The molecular weight excluding hydrogens is 276 g/mol. The van der Waals surface area contributed by atoms with Crippen molar-refractivity contribution in [3.63, 3.8) is 0 Å². The normalized spacial score (nSPS) is 11.2. The zero-order chi connectivity index (χ0) is 15.1. The molecule has 0 heterocycles. The molecule has 20 heavy (non-hydrogen) atoms. The van der Waals surface area contributed by atoms with E-state index in [2.05, 4.69) is 37.9 Å². The molecule has 0 atom stereocenters. The lowest BCUT2D eigenvalue weighted by Gasteiger charge is -2.30. The van der Waals surface area contributed by atoms with Gasteiger partial charge in [0.25, 0.3) is 0 Å². The number of rotatable bonds is 6. The van der Waals surface area contributed by atoms with Crippen LogP contribution in [0.5, 0.6) is 0 Å². The maximum atomic E-state index is 11.7. The van der Waals surface area contributed by atoms with Crippen LogP contribution in [0, 0.1) is 0 Å². The first kappa shape index (κ1) is 16.8. The van der Waals surface area contributed by atoms with Crippen molar-refractivity contribution in [3.05, 3.63) is 29.3 Å². The molecule has 1 rings (SSSR count). The molecule has 1 aromatic carbocycles. The van der Waals surface area contributed by atoms with Crippen molar-refractivity contribution in [1.82, 2.24) is 4.90 Å². The molecule has 112 valence electrons. The van der Waals surface area contributed by atoms with E-state index in [9.17, 15) is 4.79 Å². The van der Waals surface area contributed by atoms with Crippen LogP contribution < -0.4 is 5.32 Å². The van der Waals surface area contributed by atoms with Crippen molar-refractivity contribution >= 4 is 23.4 Å². The number of ether oxygens (including phenoxy) is 1. The van der Waals surface area contributed by atoms with Gasteiger partial charge in [-0.2, -0.15) is 0 Å². The van der Waals surface area contributed by atoms with Crippen molar-refractivity contribution in [2.24, 2.45) is 0 Å². The first-order valence-corrected chi connectivity index (χ1v) is 7.23. The molecule has 1 amide bonds. The standard InChI is InChI=1S/C15H23ClN2O2/c1-11(2)18(12(3)4)9-10-20-15(19)17-14-8-6-5-7-13(14)16/h5-8,11-12H,9-10H2,1-4H3,(H,17,19). The number of nitrogens with one attached hydrogen (secondary N) is 1. The van der Waals surface area contributed by atoms with Gasteiger partial charge in [0.2, 0.25) is 0 Å². The minimum Gasteiger partial charge on any atom is -0.448 e. The van der Waals surface area contributed by atoms with Crippen LogP contribution in [0.3, 0.4) is 0 Å². The fraction of sp³-hybridized carbons (Fsp3) is 0.533. The monoisotopic (exact) mass is 298 g/mol. The van der Waals surface area contributed by atoms with Gasteiger partial charge in [-0.05, 0) is 39.8 Å². The maximum absolute atomic E-state index is 11.7. The fourth-order valence-electron chi connectivity index (χ4n) is 2.07. The second-order valence-corrected chi connectivity index (χ2v) is 5.57. The van der Waals surface area contributed by atoms with Crippen molar-refractivity contribution in [3.8, 4) is 0 Å². The second kappa shape index (κ2) is 8.12. The highest BCUT2D eigenvalue weighted by atomic mass is 35.5. The fourth-order valence-corrected chi connectivity index (χ4v) is 2.25. The summed E-state index contributed by atoms with van der Waals surface area (Å²) in [7, 11) is 0. The van der Waals surface area contributed by atoms with Gasteiger partial charge >= 0.3 is 6.09 Å². The number of carbonyl (C=O) groups is 1. The van der Waals surface area contributed by atoms with E-state index in [1.165, 1.54) is 0 Å². The van der Waals surface area contributed by atoms with Gasteiger partial charge in [-0.1, -0.05) is 23.7 Å². The van der Waals surface area contributed by atoms with E-state index in [0.29, 0.717) is 35.9 Å². The van der Waals surface area contributed by atoms with Gasteiger partial charge in [0, 0.05) is 18.6 Å². The Bertz CT molecular complexity index is 428. The van der Waals surface area contributed by atoms with Gasteiger partial charge in [-0.15, -0.1) is 0 Å². The maximum Gasteiger partial charge on any atom is 0.411 e. The Hall–Kier alpha value is -1.26. The van der Waals surface area contributed by atoms with Crippen LogP contribution in [0.25, 0.3) is 0 Å². The first-order chi connectivity index (χ1) is 9.41. The number of hydrogen-bond acceptors (Lipinski definition) is 3. The highest BCUT2D eigenvalue weighted by Gasteiger charge is 2.14. The van der Waals surface area contributed by atoms with Crippen molar-refractivity contribution in [2.75, 3.05) is 18.5 Å². The number of halogens is 1. The van der Waals surface area contributed by atoms with Crippen LogP contribution in [0.1, 0.15) is 27.7 Å². The molecular formula is C15H23ClN2O2. The lowest BCUT2D eigenvalue weighted by Crippen LogP contribution is -2.39. The van der Waals surface area contributed by atoms with Crippen LogP contribution in [0.15, 0.2) is 24.3 Å². The molecule has 0 aliphatic heterocycles. The third-order valence-corrected chi connectivity index (χ3v) is 3.35. The molecule has 4 nitrogen and oxygen atoms in total. The third kappa shape index (κ3) is 5.39. The van der Waals surface area contributed by atoms with Crippen molar-refractivity contribution < 1.29 is 9.53 Å². The number of benzene rings is 1. The largest absolute Gasteiger partial charge is 0.448 e. The highest BCUT2D eigenvalue weighted by molar-refractivity contribution is 6.33. The van der Waals surface area contributed by atoms with E-state index in [0.717, 1.165) is 0 Å². The zero-order valence-electron chi connectivity index (χ0n) is 12.5. The van der Waals surface area contributed by atoms with E-state index in [1.807, 2.05) is 6.07 Å². The van der Waals surface area contributed by atoms with Gasteiger partial charge < -0.3 is 4.74 Å². The summed E-state index contributed by atoms with van der Waals surface area (Å²) < 4.78 is 5.18. The molecule has 0 aromatic heterocycles. The molecule has 0 spiro atoms. The molecule has 1 aromatic rings. The highest BCUT2D eigenvalue weighted by Crippen LogP contribution is 2.20. The van der Waals surface area contributed by atoms with E-state index in [1.54, 1.807) is 18.2 Å². The molecule has 0 bridgehead atoms. The molecule has 0 aliphatic carbocycles. The van der Waals surface area contributed by atoms with Crippen LogP contribution in [-0.2, 0) is 4.74 Å². The number of hydrogen-bond donors (Lipinski definition) is 1. The number of nitrogens with zero attached hydrogens (tertiary/aromatic N) is 1. The molecule has 0 saturated carbocycles. The summed E-state index contributed by atoms with van der Waals surface area (Å²) in [4.78, 5) is 13.9. The minimum atomic E-state index is -0.481. The van der Waals surface area contributed by atoms with Gasteiger partial charge in [-0.25, -0.2) is 4.79 Å². The van der Waals surface area contributed by atoms with Crippen molar-refractivity contribution in [1.29, 1.82) is 0 Å². The lowest BCUT2D eigenvalue weighted by molar-refractivity contribution is 0.111. The van der Waals surface area contributed by atoms with E-state index in [4.69, 9.17) is 16.3 Å². The van der Waals surface area contributed by atoms with Crippen LogP contribution >= 0.6 is 11.6 Å². The summed E-state index contributed by atoms with van der Waals surface area (Å²) in [6.07, 6.45) is -0.481. The smallest absolute Gasteiger partial charge is 0.411 e. The molecule has 0 unspecified atom stereocenters. The Balaban J connectivity index is 2.39. The van der Waals surface area contributed by atoms with Crippen LogP contribution in [0.2, 0.25) is 5.02 Å². The lowest BCUT2D eigenvalue weighted by atomic mass is 10.2. The number of amides is 1. The number of para-hydroxylation sites is 1. The number of anilines is 1. The average molecular weight is 299 g/mol. The zero-order valence-corrected chi connectivity index (χ0v) is 13.3. The molecule has 0 saturated heterocycles. The quantitative estimate of drug-likeness (QED) is 0.863. The topological polar surface area (TPSA) is 41.6 Å². The van der Waals surface area contributed by atoms with Crippen LogP contribution in [0.4, 0.5) is 10.5 Å². The summed E-state index contributed by atoms with van der Waals surface area (Å²) in [5.41, 5.74) is 0.559. The molecule has 0 aliphatic rings.